The number of nitrogens with zero attached hydrogens (tertiary/aromatic N) is 2. The first-order valence-electron chi connectivity index (χ1n) is 7.23. The molecule has 1 N–H and O–H groups in total. The minimum Gasteiger partial charge on any atom is -0.311 e. The lowest BCUT2D eigenvalue weighted by Gasteiger charge is -2.09. The van der Waals surface area contributed by atoms with E-state index in [0.29, 0.717) is 17.7 Å². The molecule has 0 saturated heterocycles. The predicted octanol–water partition coefficient (Wildman–Crippen LogP) is 3.52. The lowest BCUT2D eigenvalue weighted by molar-refractivity contribution is -0.386. The standard InChI is InChI=1S/C15H25N3O2/c1-11(2)7-5-6-8-16-10-14-13(4)15(18(19)20)12(3)9-17-14/h9,11,16H,5-8,10H2,1-4H3. The minimum atomic E-state index is -0.321. The number of hydrogen-bond donors (Lipinski definition) is 1. The van der Waals surface area contributed by atoms with Crippen molar-refractivity contribution in [3.63, 3.8) is 0 Å². The molecule has 0 unspecified atom stereocenters. The molecule has 0 saturated carbocycles. The quantitative estimate of drug-likeness (QED) is 0.449. The molecular formula is C15H25N3O2. The van der Waals surface area contributed by atoms with Gasteiger partial charge in [0, 0.05) is 23.9 Å². The van der Waals surface area contributed by atoms with Crippen molar-refractivity contribution in [2.75, 3.05) is 6.54 Å². The molecule has 1 rings (SSSR count). The van der Waals surface area contributed by atoms with Gasteiger partial charge in [0.15, 0.2) is 0 Å². The van der Waals surface area contributed by atoms with Crippen molar-refractivity contribution in [3.05, 3.63) is 33.1 Å². The molecule has 1 heterocycles. The Balaban J connectivity index is 2.49. The highest BCUT2D eigenvalue weighted by molar-refractivity contribution is 5.47. The van der Waals surface area contributed by atoms with E-state index in [-0.39, 0.29) is 10.6 Å². The summed E-state index contributed by atoms with van der Waals surface area (Å²) in [7, 11) is 0. The molecule has 0 fully saturated rings. The van der Waals surface area contributed by atoms with Gasteiger partial charge >= 0.3 is 0 Å². The molecule has 112 valence electrons. The molecule has 0 amide bonds. The summed E-state index contributed by atoms with van der Waals surface area (Å²) >= 11 is 0. The molecule has 20 heavy (non-hydrogen) atoms. The molecule has 0 atom stereocenters. The van der Waals surface area contributed by atoms with E-state index in [9.17, 15) is 10.1 Å². The summed E-state index contributed by atoms with van der Waals surface area (Å²) in [6.07, 6.45) is 5.17. The first kappa shape index (κ1) is 16.6. The number of nitro groups is 1. The van der Waals surface area contributed by atoms with Gasteiger partial charge in [-0.05, 0) is 32.7 Å². The third-order valence-electron chi connectivity index (χ3n) is 3.44. The van der Waals surface area contributed by atoms with Gasteiger partial charge in [-0.2, -0.15) is 0 Å². The topological polar surface area (TPSA) is 68.1 Å². The first-order chi connectivity index (χ1) is 9.43. The molecule has 0 aromatic carbocycles. The van der Waals surface area contributed by atoms with Gasteiger partial charge in [0.1, 0.15) is 0 Å². The van der Waals surface area contributed by atoms with Crippen LogP contribution in [0.15, 0.2) is 6.20 Å². The van der Waals surface area contributed by atoms with Gasteiger partial charge in [-0.3, -0.25) is 15.1 Å². The van der Waals surface area contributed by atoms with Gasteiger partial charge in [0.2, 0.25) is 0 Å². The van der Waals surface area contributed by atoms with E-state index in [0.717, 1.165) is 24.6 Å². The van der Waals surface area contributed by atoms with Gasteiger partial charge in [-0.15, -0.1) is 0 Å². The Hall–Kier alpha value is -1.49. The van der Waals surface area contributed by atoms with E-state index < -0.39 is 0 Å². The summed E-state index contributed by atoms with van der Waals surface area (Å²) in [5.74, 6) is 0.749. The van der Waals surface area contributed by atoms with Gasteiger partial charge in [-0.1, -0.05) is 26.7 Å². The van der Waals surface area contributed by atoms with E-state index in [4.69, 9.17) is 0 Å². The van der Waals surface area contributed by atoms with Crippen LogP contribution in [0.5, 0.6) is 0 Å². The summed E-state index contributed by atoms with van der Waals surface area (Å²) in [5, 5.41) is 14.3. The fourth-order valence-corrected chi connectivity index (χ4v) is 2.23. The molecule has 1 aromatic heterocycles. The van der Waals surface area contributed by atoms with Crippen LogP contribution < -0.4 is 5.32 Å². The summed E-state index contributed by atoms with van der Waals surface area (Å²) in [4.78, 5) is 15.0. The fraction of sp³-hybridized carbons (Fsp3) is 0.667. The number of hydrogen-bond acceptors (Lipinski definition) is 4. The SMILES string of the molecule is Cc1cnc(CNCCCCC(C)C)c(C)c1[N+](=O)[O-]. The van der Waals surface area contributed by atoms with Crippen LogP contribution in [0.25, 0.3) is 0 Å². The summed E-state index contributed by atoms with van der Waals surface area (Å²) in [5.41, 5.74) is 2.25. The monoisotopic (exact) mass is 279 g/mol. The molecule has 5 nitrogen and oxygen atoms in total. The third kappa shape index (κ3) is 4.89. The van der Waals surface area contributed by atoms with Crippen molar-refractivity contribution in [2.45, 2.75) is 53.5 Å². The van der Waals surface area contributed by atoms with E-state index in [1.807, 2.05) is 0 Å². The highest BCUT2D eigenvalue weighted by Crippen LogP contribution is 2.23. The molecule has 1 aromatic rings. The highest BCUT2D eigenvalue weighted by Gasteiger charge is 2.18. The van der Waals surface area contributed by atoms with Gasteiger partial charge in [-0.25, -0.2) is 0 Å². The zero-order chi connectivity index (χ0) is 15.1. The van der Waals surface area contributed by atoms with Crippen molar-refractivity contribution in [1.82, 2.24) is 10.3 Å². The maximum atomic E-state index is 11.0. The second-order valence-corrected chi connectivity index (χ2v) is 5.69. The van der Waals surface area contributed by atoms with Crippen molar-refractivity contribution in [2.24, 2.45) is 5.92 Å². The zero-order valence-corrected chi connectivity index (χ0v) is 12.9. The molecule has 0 aliphatic carbocycles. The Morgan fingerprint density at radius 1 is 1.35 bits per heavy atom. The molecule has 0 radical (unpaired) electrons. The second-order valence-electron chi connectivity index (χ2n) is 5.69. The van der Waals surface area contributed by atoms with Crippen LogP contribution in [0.2, 0.25) is 0 Å². The third-order valence-corrected chi connectivity index (χ3v) is 3.44. The van der Waals surface area contributed by atoms with Gasteiger partial charge in [0.25, 0.3) is 5.69 Å². The summed E-state index contributed by atoms with van der Waals surface area (Å²) in [6.45, 7) is 9.47. The summed E-state index contributed by atoms with van der Waals surface area (Å²) < 4.78 is 0. The van der Waals surface area contributed by atoms with Crippen LogP contribution >= 0.6 is 0 Å². The fourth-order valence-electron chi connectivity index (χ4n) is 2.23. The molecule has 0 spiro atoms. The molecular weight excluding hydrogens is 254 g/mol. The normalized spacial score (nSPS) is 11.1. The van der Waals surface area contributed by atoms with E-state index >= 15 is 0 Å². The number of rotatable bonds is 8. The van der Waals surface area contributed by atoms with Crippen molar-refractivity contribution in [3.8, 4) is 0 Å². The number of nitrogens with one attached hydrogen (secondary N) is 1. The van der Waals surface area contributed by atoms with Crippen LogP contribution in [-0.2, 0) is 6.54 Å². The minimum absolute atomic E-state index is 0.191. The first-order valence-corrected chi connectivity index (χ1v) is 7.23. The van der Waals surface area contributed by atoms with E-state index in [2.05, 4.69) is 24.1 Å². The van der Waals surface area contributed by atoms with Crippen LogP contribution in [0.3, 0.4) is 0 Å². The molecule has 0 aliphatic heterocycles. The molecule has 0 bridgehead atoms. The summed E-state index contributed by atoms with van der Waals surface area (Å²) in [6, 6.07) is 0. The Labute approximate surface area is 121 Å². The Morgan fingerprint density at radius 3 is 2.65 bits per heavy atom. The maximum absolute atomic E-state index is 11.0. The molecule has 0 aliphatic rings. The second kappa shape index (κ2) is 7.94. The van der Waals surface area contributed by atoms with Crippen LogP contribution in [0.1, 0.15) is 49.9 Å². The lowest BCUT2D eigenvalue weighted by Crippen LogP contribution is -2.17. The van der Waals surface area contributed by atoms with Crippen molar-refractivity contribution < 1.29 is 4.92 Å². The smallest absolute Gasteiger partial charge is 0.278 e. The van der Waals surface area contributed by atoms with Crippen LogP contribution in [0, 0.1) is 29.9 Å². The Kier molecular flexibility index (Phi) is 6.58. The zero-order valence-electron chi connectivity index (χ0n) is 12.9. The number of unbranched alkanes of at least 4 members (excludes halogenated alkanes) is 1. The Bertz CT molecular complexity index is 459. The lowest BCUT2D eigenvalue weighted by atomic mass is 10.1. The van der Waals surface area contributed by atoms with Crippen LogP contribution in [0.4, 0.5) is 5.69 Å². The number of pyridine rings is 1. The van der Waals surface area contributed by atoms with Crippen LogP contribution in [-0.4, -0.2) is 16.5 Å². The highest BCUT2D eigenvalue weighted by atomic mass is 16.6. The Morgan fingerprint density at radius 2 is 2.05 bits per heavy atom. The average molecular weight is 279 g/mol. The van der Waals surface area contributed by atoms with E-state index in [1.54, 1.807) is 20.0 Å². The average Bonchev–Trinajstić information content (AvgIpc) is 2.35. The predicted molar refractivity (Wildman–Crippen MR) is 80.8 cm³/mol. The van der Waals surface area contributed by atoms with Gasteiger partial charge < -0.3 is 5.32 Å². The maximum Gasteiger partial charge on any atom is 0.278 e. The van der Waals surface area contributed by atoms with E-state index in [1.165, 1.54) is 12.8 Å². The van der Waals surface area contributed by atoms with Crippen molar-refractivity contribution in [1.29, 1.82) is 0 Å². The number of aryl methyl sites for hydroxylation is 1. The van der Waals surface area contributed by atoms with Crippen molar-refractivity contribution >= 4 is 5.69 Å². The largest absolute Gasteiger partial charge is 0.311 e. The van der Waals surface area contributed by atoms with Gasteiger partial charge in [0.05, 0.1) is 10.6 Å². The molecule has 5 heteroatoms. The number of aromatic nitrogens is 1.